The van der Waals surface area contributed by atoms with Gasteiger partial charge in [-0.15, -0.1) is 0 Å². The highest BCUT2D eigenvalue weighted by molar-refractivity contribution is 5.88. The molecule has 0 aromatic carbocycles. The maximum atomic E-state index is 10.9. The second-order valence-corrected chi connectivity index (χ2v) is 3.59. The molecule has 0 unspecified atom stereocenters. The van der Waals surface area contributed by atoms with Crippen LogP contribution in [0.5, 0.6) is 0 Å². The molecule has 0 spiro atoms. The number of aliphatic carboxylic acids is 2. The predicted octanol–water partition coefficient (Wildman–Crippen LogP) is 0.361. The van der Waals surface area contributed by atoms with Gasteiger partial charge in [-0.1, -0.05) is 0 Å². The van der Waals surface area contributed by atoms with Gasteiger partial charge in [0.05, 0.1) is 24.4 Å². The summed E-state index contributed by atoms with van der Waals surface area (Å²) in [6.45, 7) is 4.50. The molecule has 0 aromatic heterocycles. The standard InChI is InChI=1S/C9H12N2O5.C2H4O/c1-5(7(12)13)3-11(9(10)16)4-6(2)8(14)15;1-2-3-1/h3-4H,1-2H3,(H2,10,16)(H,12,13)(H,14,15);1-2H2. The van der Waals surface area contributed by atoms with Gasteiger partial charge in [-0.05, 0) is 13.8 Å². The van der Waals surface area contributed by atoms with Crippen LogP contribution in [0.15, 0.2) is 23.5 Å². The van der Waals surface area contributed by atoms with Crippen molar-refractivity contribution in [3.63, 3.8) is 0 Å². The Balaban J connectivity index is 0.000000934. The fourth-order valence-electron chi connectivity index (χ4n) is 0.692. The zero-order valence-corrected chi connectivity index (χ0v) is 10.6. The third-order valence-corrected chi connectivity index (χ3v) is 1.80. The van der Waals surface area contributed by atoms with Gasteiger partial charge in [0.2, 0.25) is 0 Å². The Morgan fingerprint density at radius 2 is 1.37 bits per heavy atom. The Morgan fingerprint density at radius 1 is 1.05 bits per heavy atom. The molecule has 4 N–H and O–H groups in total. The Kier molecular flexibility index (Phi) is 6.90. The zero-order valence-electron chi connectivity index (χ0n) is 10.6. The molecule has 8 heteroatoms. The summed E-state index contributed by atoms with van der Waals surface area (Å²) in [5, 5.41) is 17.1. The average Bonchev–Trinajstić information content (AvgIpc) is 3.14. The Hall–Kier alpha value is -2.35. The minimum atomic E-state index is -1.23. The molecule has 2 amide bonds. The van der Waals surface area contributed by atoms with Gasteiger partial charge < -0.3 is 20.7 Å². The highest BCUT2D eigenvalue weighted by Crippen LogP contribution is 2.03. The SMILES string of the molecule is C1CO1.CC(=CN(C=C(C)C(=O)O)C(N)=O)C(=O)O. The van der Waals surface area contributed by atoms with E-state index in [9.17, 15) is 14.4 Å². The molecule has 0 atom stereocenters. The van der Waals surface area contributed by atoms with Crippen LogP contribution >= 0.6 is 0 Å². The molecule has 1 fully saturated rings. The van der Waals surface area contributed by atoms with E-state index in [1.807, 2.05) is 0 Å². The number of carboxylic acid groups (broad SMARTS) is 2. The first kappa shape index (κ1) is 16.6. The molecule has 0 bridgehead atoms. The van der Waals surface area contributed by atoms with Crippen LogP contribution in [-0.4, -0.2) is 46.3 Å². The lowest BCUT2D eigenvalue weighted by molar-refractivity contribution is -0.133. The first-order chi connectivity index (χ1) is 8.75. The van der Waals surface area contributed by atoms with Crippen LogP contribution < -0.4 is 5.73 Å². The smallest absolute Gasteiger partial charge is 0.332 e. The molecular formula is C11H16N2O6. The number of epoxide rings is 1. The number of primary amides is 1. The molecule has 0 saturated carbocycles. The highest BCUT2D eigenvalue weighted by Gasteiger charge is 2.10. The number of carboxylic acids is 2. The number of rotatable bonds is 4. The molecule has 8 nitrogen and oxygen atoms in total. The van der Waals surface area contributed by atoms with Crippen LogP contribution in [0.1, 0.15) is 13.8 Å². The summed E-state index contributed by atoms with van der Waals surface area (Å²) in [4.78, 5) is 32.6. The predicted molar refractivity (Wildman–Crippen MR) is 65.0 cm³/mol. The lowest BCUT2D eigenvalue weighted by atomic mass is 10.3. The van der Waals surface area contributed by atoms with Crippen LogP contribution in [0.4, 0.5) is 4.79 Å². The maximum absolute atomic E-state index is 10.9. The van der Waals surface area contributed by atoms with Crippen molar-refractivity contribution < 1.29 is 29.3 Å². The van der Waals surface area contributed by atoms with Crippen LogP contribution in [0, 0.1) is 0 Å². The number of ether oxygens (including phenoxy) is 1. The fraction of sp³-hybridized carbons (Fsp3) is 0.364. The van der Waals surface area contributed by atoms with Gasteiger partial charge in [-0.2, -0.15) is 0 Å². The van der Waals surface area contributed by atoms with Crippen molar-refractivity contribution in [3.8, 4) is 0 Å². The quantitative estimate of drug-likeness (QED) is 0.499. The van der Waals surface area contributed by atoms with E-state index >= 15 is 0 Å². The molecule has 0 aromatic rings. The number of nitrogens with two attached hydrogens (primary N) is 1. The van der Waals surface area contributed by atoms with Gasteiger partial charge in [0, 0.05) is 12.4 Å². The van der Waals surface area contributed by atoms with Crippen LogP contribution in [0.25, 0.3) is 0 Å². The van der Waals surface area contributed by atoms with E-state index in [-0.39, 0.29) is 11.1 Å². The van der Waals surface area contributed by atoms with E-state index in [2.05, 4.69) is 4.74 Å². The van der Waals surface area contributed by atoms with E-state index in [0.717, 1.165) is 25.6 Å². The number of nitrogens with zero attached hydrogens (tertiary/aromatic N) is 1. The van der Waals surface area contributed by atoms with Crippen molar-refractivity contribution in [2.24, 2.45) is 5.73 Å². The summed E-state index contributed by atoms with van der Waals surface area (Å²) in [6, 6.07) is -0.971. The summed E-state index contributed by atoms with van der Waals surface area (Å²) >= 11 is 0. The lowest BCUT2D eigenvalue weighted by Gasteiger charge is -2.11. The van der Waals surface area contributed by atoms with Crippen molar-refractivity contribution in [2.45, 2.75) is 13.8 Å². The maximum Gasteiger partial charge on any atom is 0.332 e. The van der Waals surface area contributed by atoms with E-state index in [4.69, 9.17) is 15.9 Å². The van der Waals surface area contributed by atoms with Gasteiger partial charge in [0.25, 0.3) is 0 Å². The zero-order chi connectivity index (χ0) is 15.0. The summed E-state index contributed by atoms with van der Waals surface area (Å²) in [5.41, 5.74) is 4.66. The van der Waals surface area contributed by atoms with Crippen LogP contribution in [0.2, 0.25) is 0 Å². The van der Waals surface area contributed by atoms with Crippen molar-refractivity contribution >= 4 is 18.0 Å². The molecule has 0 aliphatic carbocycles. The molecule has 0 radical (unpaired) electrons. The van der Waals surface area contributed by atoms with Gasteiger partial charge in [0.15, 0.2) is 0 Å². The number of amides is 2. The van der Waals surface area contributed by atoms with Crippen molar-refractivity contribution in [1.82, 2.24) is 4.90 Å². The molecule has 1 rings (SSSR count). The average molecular weight is 272 g/mol. The minimum Gasteiger partial charge on any atom is -0.478 e. The van der Waals surface area contributed by atoms with E-state index < -0.39 is 18.0 Å². The second kappa shape index (κ2) is 7.88. The molecule has 19 heavy (non-hydrogen) atoms. The third-order valence-electron chi connectivity index (χ3n) is 1.80. The lowest BCUT2D eigenvalue weighted by Crippen LogP contribution is -2.28. The Bertz CT molecular complexity index is 392. The molecule has 1 aliphatic rings. The second-order valence-electron chi connectivity index (χ2n) is 3.59. The van der Waals surface area contributed by atoms with E-state index in [0.29, 0.717) is 4.90 Å². The molecule has 1 saturated heterocycles. The Labute approximate surface area is 109 Å². The number of urea groups is 1. The molecule has 106 valence electrons. The molecular weight excluding hydrogens is 256 g/mol. The number of carbonyl (C=O) groups is 3. The fourth-order valence-corrected chi connectivity index (χ4v) is 0.692. The summed E-state index contributed by atoms with van der Waals surface area (Å²) < 4.78 is 4.50. The van der Waals surface area contributed by atoms with Crippen molar-refractivity contribution in [1.29, 1.82) is 0 Å². The summed E-state index contributed by atoms with van der Waals surface area (Å²) in [5.74, 6) is -2.46. The van der Waals surface area contributed by atoms with Crippen molar-refractivity contribution in [3.05, 3.63) is 23.5 Å². The van der Waals surface area contributed by atoms with Gasteiger partial charge >= 0.3 is 18.0 Å². The number of hydrogen-bond acceptors (Lipinski definition) is 4. The summed E-state index contributed by atoms with van der Waals surface area (Å²) in [6.07, 6.45) is 1.88. The van der Waals surface area contributed by atoms with Crippen LogP contribution in [-0.2, 0) is 14.3 Å². The number of hydrogen-bond donors (Lipinski definition) is 3. The van der Waals surface area contributed by atoms with E-state index in [1.54, 1.807) is 0 Å². The minimum absolute atomic E-state index is 0.145. The van der Waals surface area contributed by atoms with E-state index in [1.165, 1.54) is 13.8 Å². The van der Waals surface area contributed by atoms with Gasteiger partial charge in [0.1, 0.15) is 0 Å². The molecule has 1 heterocycles. The van der Waals surface area contributed by atoms with Gasteiger partial charge in [-0.3, -0.25) is 4.90 Å². The highest BCUT2D eigenvalue weighted by atomic mass is 16.6. The van der Waals surface area contributed by atoms with Gasteiger partial charge in [-0.25, -0.2) is 14.4 Å². The van der Waals surface area contributed by atoms with Crippen LogP contribution in [0.3, 0.4) is 0 Å². The topological polar surface area (TPSA) is 133 Å². The third kappa shape index (κ3) is 8.38. The summed E-state index contributed by atoms with van der Waals surface area (Å²) in [7, 11) is 0. The first-order valence-corrected chi connectivity index (χ1v) is 5.24. The monoisotopic (exact) mass is 272 g/mol. The Morgan fingerprint density at radius 3 is 1.53 bits per heavy atom. The normalized spacial score (nSPS) is 14.0. The largest absolute Gasteiger partial charge is 0.478 e. The number of carbonyl (C=O) groups excluding carboxylic acids is 1. The first-order valence-electron chi connectivity index (χ1n) is 5.24. The van der Waals surface area contributed by atoms with Crippen molar-refractivity contribution in [2.75, 3.05) is 13.2 Å². The molecule has 1 aliphatic heterocycles.